The second-order valence-corrected chi connectivity index (χ2v) is 11.2. The molecule has 0 unspecified atom stereocenters. The number of aryl methyl sites for hydroxylation is 1. The van der Waals surface area contributed by atoms with Crippen molar-refractivity contribution in [2.75, 3.05) is 72.0 Å². The van der Waals surface area contributed by atoms with E-state index in [1.54, 1.807) is 7.11 Å². The molecule has 8 heteroatoms. The van der Waals surface area contributed by atoms with Gasteiger partial charge >= 0.3 is 5.97 Å². The summed E-state index contributed by atoms with van der Waals surface area (Å²) in [6.45, 7) is 8.30. The van der Waals surface area contributed by atoms with Gasteiger partial charge in [0.1, 0.15) is 18.2 Å². The predicted octanol–water partition coefficient (Wildman–Crippen LogP) is 3.71. The largest absolute Gasteiger partial charge is 0.491 e. The van der Waals surface area contributed by atoms with Crippen LogP contribution in [0.3, 0.4) is 0 Å². The third kappa shape index (κ3) is 6.65. The fraction of sp³-hybridized carbons (Fsp3) is 0.600. The second-order valence-electron chi connectivity index (χ2n) is 11.2. The molecule has 206 valence electrons. The number of hydrogen-bond acceptors (Lipinski definition) is 8. The lowest BCUT2D eigenvalue weighted by Crippen LogP contribution is -2.60. The van der Waals surface area contributed by atoms with Gasteiger partial charge in [-0.1, -0.05) is 18.2 Å². The highest BCUT2D eigenvalue weighted by molar-refractivity contribution is 5.70. The number of benzene rings is 1. The van der Waals surface area contributed by atoms with Gasteiger partial charge in [0.05, 0.1) is 25.8 Å². The molecule has 1 N–H and O–H groups in total. The summed E-state index contributed by atoms with van der Waals surface area (Å²) in [5.41, 5.74) is 4.04. The van der Waals surface area contributed by atoms with Crippen molar-refractivity contribution in [1.82, 2.24) is 14.8 Å². The summed E-state index contributed by atoms with van der Waals surface area (Å²) in [4.78, 5) is 22.2. The number of anilines is 1. The first kappa shape index (κ1) is 26.9. The molecule has 1 aromatic carbocycles. The average Bonchev–Trinajstić information content (AvgIpc) is 2.93. The Morgan fingerprint density at radius 1 is 1.11 bits per heavy atom. The Labute approximate surface area is 226 Å². The quantitative estimate of drug-likeness (QED) is 0.354. The zero-order valence-corrected chi connectivity index (χ0v) is 22.9. The van der Waals surface area contributed by atoms with Gasteiger partial charge in [-0.3, -0.25) is 9.69 Å². The number of nitrogens with zero attached hydrogens (tertiary/aromatic N) is 3. The van der Waals surface area contributed by atoms with Crippen molar-refractivity contribution in [2.45, 2.75) is 44.6 Å². The van der Waals surface area contributed by atoms with E-state index in [1.807, 2.05) is 12.1 Å². The van der Waals surface area contributed by atoms with Crippen molar-refractivity contribution in [1.29, 1.82) is 0 Å². The van der Waals surface area contributed by atoms with E-state index in [0.717, 1.165) is 69.4 Å². The number of hydrogen-bond donors (Lipinski definition) is 1. The number of esters is 1. The van der Waals surface area contributed by atoms with Gasteiger partial charge in [0.2, 0.25) is 0 Å². The monoisotopic (exact) mass is 522 g/mol. The maximum atomic E-state index is 12.2. The molecule has 5 rings (SSSR count). The fourth-order valence-corrected chi connectivity index (χ4v) is 6.20. The summed E-state index contributed by atoms with van der Waals surface area (Å²) in [6, 6.07) is 12.6. The number of ether oxygens (including phenoxy) is 3. The Bertz CT molecular complexity index is 1080. The minimum Gasteiger partial charge on any atom is -0.491 e. The van der Waals surface area contributed by atoms with Crippen LogP contribution in [0.25, 0.3) is 0 Å². The molecule has 38 heavy (non-hydrogen) atoms. The van der Waals surface area contributed by atoms with Gasteiger partial charge < -0.3 is 24.4 Å². The van der Waals surface area contributed by atoms with Gasteiger partial charge in [0.15, 0.2) is 0 Å². The third-order valence-electron chi connectivity index (χ3n) is 8.38. The van der Waals surface area contributed by atoms with Crippen molar-refractivity contribution < 1.29 is 19.0 Å². The number of nitrogens with one attached hydrogen (secondary N) is 1. The highest BCUT2D eigenvalue weighted by atomic mass is 16.5. The van der Waals surface area contributed by atoms with Crippen LogP contribution in [0.5, 0.6) is 5.75 Å². The first-order valence-corrected chi connectivity index (χ1v) is 14.0. The smallest absolute Gasteiger partial charge is 0.306 e. The Kier molecular flexibility index (Phi) is 8.82. The zero-order chi connectivity index (χ0) is 26.4. The molecule has 1 aromatic heterocycles. The molecule has 1 spiro atoms. The summed E-state index contributed by atoms with van der Waals surface area (Å²) < 4.78 is 15.9. The SMILES string of the molecule is COCCOc1cccc([C@H](CC(=O)OC)CN2CC3(CCN(Cc4ccc5c(n4)NCCC5)CC3)C2)c1. The fourth-order valence-electron chi connectivity index (χ4n) is 6.20. The molecule has 4 heterocycles. The topological polar surface area (TPSA) is 76.2 Å². The summed E-state index contributed by atoms with van der Waals surface area (Å²) in [7, 11) is 3.13. The molecular formula is C30H42N4O4. The molecule has 2 saturated heterocycles. The second kappa shape index (κ2) is 12.5. The number of carbonyl (C=O) groups is 1. The molecular weight excluding hydrogens is 480 g/mol. The molecule has 0 saturated carbocycles. The Hall–Kier alpha value is -2.68. The van der Waals surface area contributed by atoms with E-state index >= 15 is 0 Å². The zero-order valence-electron chi connectivity index (χ0n) is 22.9. The Balaban J connectivity index is 1.13. The lowest BCUT2D eigenvalue weighted by atomic mass is 9.71. The van der Waals surface area contributed by atoms with Crippen molar-refractivity contribution in [3.63, 3.8) is 0 Å². The van der Waals surface area contributed by atoms with Crippen molar-refractivity contribution in [3.8, 4) is 5.75 Å². The van der Waals surface area contributed by atoms with E-state index in [4.69, 9.17) is 19.2 Å². The number of piperidine rings is 1. The van der Waals surface area contributed by atoms with Crippen LogP contribution >= 0.6 is 0 Å². The van der Waals surface area contributed by atoms with E-state index in [0.29, 0.717) is 25.0 Å². The van der Waals surface area contributed by atoms with Crippen LogP contribution < -0.4 is 10.1 Å². The van der Waals surface area contributed by atoms with Gasteiger partial charge in [0.25, 0.3) is 0 Å². The summed E-state index contributed by atoms with van der Waals surface area (Å²) in [5, 5.41) is 3.46. The molecule has 3 aliphatic heterocycles. The lowest BCUT2D eigenvalue weighted by Gasteiger charge is -2.55. The number of likely N-dealkylation sites (tertiary alicyclic amines) is 2. The van der Waals surface area contributed by atoms with E-state index in [2.05, 4.69) is 39.4 Å². The van der Waals surface area contributed by atoms with Gasteiger partial charge in [0, 0.05) is 45.8 Å². The molecule has 8 nitrogen and oxygen atoms in total. The first-order chi connectivity index (χ1) is 18.6. The maximum absolute atomic E-state index is 12.2. The first-order valence-electron chi connectivity index (χ1n) is 14.0. The number of aromatic nitrogens is 1. The molecule has 0 aliphatic carbocycles. The number of methoxy groups -OCH3 is 2. The lowest BCUT2D eigenvalue weighted by molar-refractivity contribution is -0.141. The van der Waals surface area contributed by atoms with Crippen molar-refractivity contribution in [2.24, 2.45) is 5.41 Å². The minimum atomic E-state index is -0.171. The highest BCUT2D eigenvalue weighted by Crippen LogP contribution is 2.42. The van der Waals surface area contributed by atoms with Crippen molar-refractivity contribution >= 4 is 11.8 Å². The van der Waals surface area contributed by atoms with Gasteiger partial charge in [-0.25, -0.2) is 4.98 Å². The summed E-state index contributed by atoms with van der Waals surface area (Å²) >= 11 is 0. The molecule has 2 aromatic rings. The molecule has 2 fully saturated rings. The van der Waals surface area contributed by atoms with Crippen LogP contribution in [-0.2, 0) is 27.2 Å². The minimum absolute atomic E-state index is 0.0783. The molecule has 3 aliphatic rings. The van der Waals surface area contributed by atoms with Crippen LogP contribution in [0.1, 0.15) is 48.4 Å². The van der Waals surface area contributed by atoms with E-state index in [9.17, 15) is 4.79 Å². The maximum Gasteiger partial charge on any atom is 0.306 e. The number of pyridine rings is 1. The van der Waals surface area contributed by atoms with Crippen LogP contribution in [0.15, 0.2) is 36.4 Å². The highest BCUT2D eigenvalue weighted by Gasteiger charge is 2.45. The van der Waals surface area contributed by atoms with Gasteiger partial charge in [-0.05, 0) is 73.5 Å². The average molecular weight is 523 g/mol. The molecule has 0 bridgehead atoms. The Morgan fingerprint density at radius 2 is 1.95 bits per heavy atom. The van der Waals surface area contributed by atoms with Gasteiger partial charge in [-0.15, -0.1) is 0 Å². The van der Waals surface area contributed by atoms with E-state index < -0.39 is 0 Å². The number of rotatable bonds is 11. The molecule has 1 atom stereocenters. The third-order valence-corrected chi connectivity index (χ3v) is 8.38. The normalized spacial score (nSPS) is 19.7. The van der Waals surface area contributed by atoms with E-state index in [-0.39, 0.29) is 11.9 Å². The number of carbonyl (C=O) groups excluding carboxylic acids is 1. The molecule has 0 radical (unpaired) electrons. The van der Waals surface area contributed by atoms with Crippen LogP contribution in [0, 0.1) is 5.41 Å². The predicted molar refractivity (Wildman–Crippen MR) is 148 cm³/mol. The Morgan fingerprint density at radius 3 is 2.74 bits per heavy atom. The molecule has 0 amide bonds. The summed E-state index contributed by atoms with van der Waals surface area (Å²) in [6.07, 6.45) is 5.14. The van der Waals surface area contributed by atoms with Crippen LogP contribution in [0.4, 0.5) is 5.82 Å². The standard InChI is InChI=1S/C30H42N4O4/c1-36-15-16-38-27-7-3-5-24(17-27)25(18-28(35)37-2)19-34-21-30(22-34)10-13-33(14-11-30)20-26-9-8-23-6-4-12-31-29(23)32-26/h3,5,7-9,17,25H,4,6,10-16,18-22H2,1-2H3,(H,31,32)/t25-/m1/s1. The summed E-state index contributed by atoms with van der Waals surface area (Å²) in [5.74, 6) is 1.81. The van der Waals surface area contributed by atoms with E-state index in [1.165, 1.54) is 37.6 Å². The van der Waals surface area contributed by atoms with Crippen LogP contribution in [0.2, 0.25) is 0 Å². The van der Waals surface area contributed by atoms with Crippen molar-refractivity contribution in [3.05, 3.63) is 53.2 Å². The van der Waals surface area contributed by atoms with Crippen LogP contribution in [-0.4, -0.2) is 87.5 Å². The van der Waals surface area contributed by atoms with Gasteiger partial charge in [-0.2, -0.15) is 0 Å². The number of fused-ring (bicyclic) bond motifs is 1.